The van der Waals surface area contributed by atoms with E-state index in [1.807, 2.05) is 18.2 Å². The molecule has 0 saturated carbocycles. The monoisotopic (exact) mass is 429 g/mol. The molecule has 1 fully saturated rings. The van der Waals surface area contributed by atoms with Crippen molar-refractivity contribution in [3.8, 4) is 0 Å². The molecule has 0 spiro atoms. The molecule has 2 aliphatic rings. The topological polar surface area (TPSA) is 48.7 Å². The number of carbonyl (C=O) groups excluding carboxylic acids is 1. The van der Waals surface area contributed by atoms with Crippen LogP contribution in [0.15, 0.2) is 77.4 Å². The first-order valence-electron chi connectivity index (χ1n) is 11.7. The first kappa shape index (κ1) is 20.8. The number of carbonyl (C=O) groups is 1. The highest BCUT2D eigenvalue weighted by Gasteiger charge is 2.36. The second kappa shape index (κ2) is 9.61. The minimum Gasteiger partial charge on any atom is -0.468 e. The van der Waals surface area contributed by atoms with Gasteiger partial charge in [0.25, 0.3) is 0 Å². The maximum Gasteiger partial charge on any atom is 0.318 e. The van der Waals surface area contributed by atoms with Crippen LogP contribution in [0.4, 0.5) is 4.79 Å². The van der Waals surface area contributed by atoms with E-state index in [2.05, 4.69) is 63.6 Å². The van der Waals surface area contributed by atoms with Gasteiger partial charge in [0.2, 0.25) is 0 Å². The first-order valence-corrected chi connectivity index (χ1v) is 11.7. The fourth-order valence-electron chi connectivity index (χ4n) is 5.19. The first-order chi connectivity index (χ1) is 15.8. The highest BCUT2D eigenvalue weighted by atomic mass is 16.3. The number of hydrogen-bond acceptors (Lipinski definition) is 3. The maximum absolute atomic E-state index is 13.5. The lowest BCUT2D eigenvalue weighted by atomic mass is 9.89. The van der Waals surface area contributed by atoms with Gasteiger partial charge in [-0.3, -0.25) is 4.90 Å². The van der Waals surface area contributed by atoms with Crippen molar-refractivity contribution in [1.82, 2.24) is 15.1 Å². The summed E-state index contributed by atoms with van der Waals surface area (Å²) in [6, 6.07) is 23.3. The van der Waals surface area contributed by atoms with Crippen LogP contribution in [0.2, 0.25) is 0 Å². The summed E-state index contributed by atoms with van der Waals surface area (Å²) in [5, 5.41) is 3.21. The highest BCUT2D eigenvalue weighted by Crippen LogP contribution is 2.36. The number of benzene rings is 2. The highest BCUT2D eigenvalue weighted by molar-refractivity contribution is 5.76. The van der Waals surface area contributed by atoms with Crippen LogP contribution in [0.5, 0.6) is 0 Å². The number of rotatable bonds is 4. The van der Waals surface area contributed by atoms with Gasteiger partial charge in [0.05, 0.1) is 18.8 Å². The quantitative estimate of drug-likeness (QED) is 0.636. The van der Waals surface area contributed by atoms with E-state index in [0.29, 0.717) is 6.54 Å². The molecule has 1 atom stereocenters. The maximum atomic E-state index is 13.5. The smallest absolute Gasteiger partial charge is 0.318 e. The Hall–Kier alpha value is -3.05. The molecule has 1 unspecified atom stereocenters. The third kappa shape index (κ3) is 4.44. The van der Waals surface area contributed by atoms with Crippen molar-refractivity contribution in [1.29, 1.82) is 0 Å². The van der Waals surface area contributed by atoms with Crippen LogP contribution in [0, 0.1) is 0 Å². The molecule has 2 amide bonds. The number of amides is 2. The normalized spacial score (nSPS) is 20.7. The molecule has 5 nitrogen and oxygen atoms in total. The van der Waals surface area contributed by atoms with Gasteiger partial charge in [-0.15, -0.1) is 0 Å². The number of urea groups is 1. The standard InChI is InChI=1S/C27H31N3O2/c31-27-28-16-6-11-21-8-4-5-13-25(21)26(22-9-2-1-3-10-22)30(27)23-14-17-29(18-15-23)20-24-12-7-19-32-24/h1-5,7-10,12-13,19,23,26H,6,11,14-18,20H2,(H,28,31). The lowest BCUT2D eigenvalue weighted by molar-refractivity contribution is 0.0982. The van der Waals surface area contributed by atoms with Crippen LogP contribution in [0.1, 0.15) is 47.8 Å². The van der Waals surface area contributed by atoms with Crippen molar-refractivity contribution < 1.29 is 9.21 Å². The van der Waals surface area contributed by atoms with Gasteiger partial charge >= 0.3 is 6.03 Å². The van der Waals surface area contributed by atoms with Gasteiger partial charge in [-0.2, -0.15) is 0 Å². The Morgan fingerprint density at radius 3 is 2.50 bits per heavy atom. The Morgan fingerprint density at radius 1 is 0.938 bits per heavy atom. The number of nitrogens with zero attached hydrogens (tertiary/aromatic N) is 2. The molecule has 0 aliphatic carbocycles. The Morgan fingerprint density at radius 2 is 1.72 bits per heavy atom. The number of piperidine rings is 1. The summed E-state index contributed by atoms with van der Waals surface area (Å²) in [5.74, 6) is 1.00. The van der Waals surface area contributed by atoms with Gasteiger partial charge in [0.15, 0.2) is 0 Å². The summed E-state index contributed by atoms with van der Waals surface area (Å²) in [4.78, 5) is 18.1. The van der Waals surface area contributed by atoms with Gasteiger partial charge in [-0.25, -0.2) is 4.79 Å². The van der Waals surface area contributed by atoms with E-state index in [0.717, 1.165) is 51.1 Å². The molecule has 5 rings (SSSR count). The van der Waals surface area contributed by atoms with E-state index in [1.165, 1.54) is 16.7 Å². The molecule has 166 valence electrons. The molecular formula is C27H31N3O2. The average Bonchev–Trinajstić information content (AvgIpc) is 3.36. The number of furan rings is 1. The van der Waals surface area contributed by atoms with Crippen LogP contribution in [0.25, 0.3) is 0 Å². The number of likely N-dealkylation sites (tertiary alicyclic amines) is 1. The van der Waals surface area contributed by atoms with E-state index in [4.69, 9.17) is 4.42 Å². The van der Waals surface area contributed by atoms with Gasteiger partial charge in [-0.05, 0) is 54.5 Å². The number of hydrogen-bond donors (Lipinski definition) is 1. The SMILES string of the molecule is O=C1NCCCc2ccccc2C(c2ccccc2)N1C1CCN(Cc2ccco2)CC1. The number of fused-ring (bicyclic) bond motifs is 1. The van der Waals surface area contributed by atoms with Crippen molar-refractivity contribution in [2.45, 2.75) is 44.3 Å². The predicted molar refractivity (Wildman–Crippen MR) is 125 cm³/mol. The van der Waals surface area contributed by atoms with Crippen molar-refractivity contribution in [2.75, 3.05) is 19.6 Å². The average molecular weight is 430 g/mol. The van der Waals surface area contributed by atoms with Gasteiger partial charge in [0, 0.05) is 25.7 Å². The molecule has 2 aliphatic heterocycles. The van der Waals surface area contributed by atoms with Crippen molar-refractivity contribution in [3.63, 3.8) is 0 Å². The van der Waals surface area contributed by atoms with E-state index >= 15 is 0 Å². The Kier molecular flexibility index (Phi) is 6.26. The molecule has 1 aromatic heterocycles. The Labute approximate surface area is 190 Å². The molecule has 0 bridgehead atoms. The molecule has 1 saturated heterocycles. The lowest BCUT2D eigenvalue weighted by Gasteiger charge is -2.42. The summed E-state index contributed by atoms with van der Waals surface area (Å²) in [6.07, 6.45) is 5.59. The fraction of sp³-hybridized carbons (Fsp3) is 0.370. The molecule has 0 radical (unpaired) electrons. The lowest BCUT2D eigenvalue weighted by Crippen LogP contribution is -2.52. The van der Waals surface area contributed by atoms with Crippen LogP contribution >= 0.6 is 0 Å². The van der Waals surface area contributed by atoms with Crippen molar-refractivity contribution >= 4 is 6.03 Å². The minimum absolute atomic E-state index is 0.0556. The zero-order chi connectivity index (χ0) is 21.8. The molecule has 1 N–H and O–H groups in total. The van der Waals surface area contributed by atoms with Gasteiger partial charge < -0.3 is 14.6 Å². The predicted octanol–water partition coefficient (Wildman–Crippen LogP) is 4.99. The van der Waals surface area contributed by atoms with Gasteiger partial charge in [0.1, 0.15) is 5.76 Å². The second-order valence-corrected chi connectivity index (χ2v) is 8.84. The number of nitrogens with one attached hydrogen (secondary N) is 1. The molecule has 32 heavy (non-hydrogen) atoms. The zero-order valence-corrected chi connectivity index (χ0v) is 18.5. The third-order valence-corrected chi connectivity index (χ3v) is 6.79. The van der Waals surface area contributed by atoms with Crippen LogP contribution in [-0.4, -0.2) is 41.5 Å². The van der Waals surface area contributed by atoms with E-state index in [9.17, 15) is 4.79 Å². The summed E-state index contributed by atoms with van der Waals surface area (Å²) in [6.45, 7) is 3.45. The van der Waals surface area contributed by atoms with Crippen LogP contribution in [0.3, 0.4) is 0 Å². The molecule has 2 aromatic carbocycles. The fourth-order valence-corrected chi connectivity index (χ4v) is 5.19. The largest absolute Gasteiger partial charge is 0.468 e. The Bertz CT molecular complexity index is 1010. The van der Waals surface area contributed by atoms with Crippen molar-refractivity contribution in [2.24, 2.45) is 0 Å². The minimum atomic E-state index is -0.0767. The number of aryl methyl sites for hydroxylation is 1. The van der Waals surface area contributed by atoms with Crippen LogP contribution in [-0.2, 0) is 13.0 Å². The zero-order valence-electron chi connectivity index (χ0n) is 18.5. The molecule has 5 heteroatoms. The second-order valence-electron chi connectivity index (χ2n) is 8.84. The summed E-state index contributed by atoms with van der Waals surface area (Å²) < 4.78 is 5.54. The summed E-state index contributed by atoms with van der Waals surface area (Å²) in [7, 11) is 0. The summed E-state index contributed by atoms with van der Waals surface area (Å²) in [5.41, 5.74) is 3.78. The molecule has 3 heterocycles. The van der Waals surface area contributed by atoms with Crippen molar-refractivity contribution in [3.05, 3.63) is 95.4 Å². The van der Waals surface area contributed by atoms with Gasteiger partial charge in [-0.1, -0.05) is 54.6 Å². The van der Waals surface area contributed by atoms with E-state index in [-0.39, 0.29) is 18.1 Å². The molecular weight excluding hydrogens is 398 g/mol. The molecule has 3 aromatic rings. The Balaban J connectivity index is 1.46. The third-order valence-electron chi connectivity index (χ3n) is 6.79. The van der Waals surface area contributed by atoms with Crippen LogP contribution < -0.4 is 5.32 Å². The van der Waals surface area contributed by atoms with E-state index in [1.54, 1.807) is 6.26 Å². The van der Waals surface area contributed by atoms with E-state index < -0.39 is 0 Å². The summed E-state index contributed by atoms with van der Waals surface area (Å²) >= 11 is 0.